The fourth-order valence-corrected chi connectivity index (χ4v) is 4.85. The van der Waals surface area contributed by atoms with Crippen LogP contribution >= 0.6 is 11.6 Å². The average Bonchev–Trinajstić information content (AvgIpc) is 3.47. The van der Waals surface area contributed by atoms with E-state index < -0.39 is 0 Å². The lowest BCUT2D eigenvalue weighted by molar-refractivity contribution is -0.122. The predicted molar refractivity (Wildman–Crippen MR) is 133 cm³/mol. The molecule has 0 spiro atoms. The van der Waals surface area contributed by atoms with Gasteiger partial charge in [0.15, 0.2) is 0 Å². The van der Waals surface area contributed by atoms with Crippen molar-refractivity contribution in [2.45, 2.75) is 20.4 Å². The number of fused-ring (bicyclic) bond motifs is 2. The monoisotopic (exact) mass is 460 g/mol. The van der Waals surface area contributed by atoms with Crippen LogP contribution in [0.3, 0.4) is 0 Å². The highest BCUT2D eigenvalue weighted by Crippen LogP contribution is 2.38. The number of aromatic amines is 1. The van der Waals surface area contributed by atoms with Crippen LogP contribution in [0.15, 0.2) is 54.9 Å². The summed E-state index contributed by atoms with van der Waals surface area (Å²) in [6.07, 6.45) is 3.78. The number of hydrogen-bond donors (Lipinski definition) is 2. The molecule has 7 heteroatoms. The van der Waals surface area contributed by atoms with Crippen LogP contribution in [0.2, 0.25) is 5.02 Å². The lowest BCUT2D eigenvalue weighted by atomic mass is 9.95. The fourth-order valence-electron chi connectivity index (χ4n) is 4.69. The number of imide groups is 1. The van der Waals surface area contributed by atoms with Crippen molar-refractivity contribution in [2.24, 2.45) is 0 Å². The molecule has 2 aromatic carbocycles. The number of aromatic nitrogens is 2. The quantitative estimate of drug-likeness (QED) is 0.393. The molecule has 1 aliphatic rings. The molecule has 3 heterocycles. The Kier molecular flexibility index (Phi) is 5.56. The Bertz CT molecular complexity index is 1420. The van der Waals surface area contributed by atoms with Crippen molar-refractivity contribution in [1.29, 1.82) is 0 Å². The molecule has 5 rings (SSSR count). The molecule has 0 fully saturated rings. The van der Waals surface area contributed by atoms with E-state index in [1.54, 1.807) is 6.20 Å². The molecule has 6 nitrogen and oxygen atoms in total. The van der Waals surface area contributed by atoms with Crippen LogP contribution in [-0.4, -0.2) is 45.9 Å². The zero-order valence-corrected chi connectivity index (χ0v) is 19.4. The first-order valence-corrected chi connectivity index (χ1v) is 11.6. The van der Waals surface area contributed by atoms with Gasteiger partial charge in [-0.3, -0.25) is 14.9 Å². The van der Waals surface area contributed by atoms with Gasteiger partial charge in [0.2, 0.25) is 0 Å². The Hall–Kier alpha value is -3.35. The number of rotatable bonds is 7. The number of carbonyl (C=O) groups excluding carboxylic acids is 2. The molecule has 4 aromatic rings. The van der Waals surface area contributed by atoms with Gasteiger partial charge >= 0.3 is 0 Å². The maximum atomic E-state index is 13.1. The Morgan fingerprint density at radius 2 is 1.67 bits per heavy atom. The lowest BCUT2D eigenvalue weighted by Gasteiger charge is -2.18. The van der Waals surface area contributed by atoms with Crippen molar-refractivity contribution in [2.75, 3.05) is 19.6 Å². The summed E-state index contributed by atoms with van der Waals surface area (Å²) in [6.45, 7) is 7.86. The van der Waals surface area contributed by atoms with Crippen LogP contribution in [-0.2, 0) is 16.1 Å². The van der Waals surface area contributed by atoms with Crippen LogP contribution in [0.5, 0.6) is 0 Å². The smallest absolute Gasteiger partial charge is 0.259 e. The zero-order valence-electron chi connectivity index (χ0n) is 18.6. The van der Waals surface area contributed by atoms with Gasteiger partial charge < -0.3 is 14.5 Å². The second-order valence-corrected chi connectivity index (χ2v) is 8.64. The molecular weight excluding hydrogens is 436 g/mol. The third-order valence-electron chi connectivity index (χ3n) is 6.45. The summed E-state index contributed by atoms with van der Waals surface area (Å²) >= 11 is 6.33. The Labute approximate surface area is 196 Å². The molecule has 1 aliphatic heterocycles. The van der Waals surface area contributed by atoms with E-state index in [-0.39, 0.29) is 11.8 Å². The molecule has 0 atom stereocenters. The second-order valence-electron chi connectivity index (χ2n) is 8.21. The highest BCUT2D eigenvalue weighted by atomic mass is 35.5. The molecule has 0 radical (unpaired) electrons. The van der Waals surface area contributed by atoms with Crippen molar-refractivity contribution in [3.8, 4) is 0 Å². The highest BCUT2D eigenvalue weighted by Gasteiger charge is 2.35. The molecule has 2 aromatic heterocycles. The molecule has 0 aliphatic carbocycles. The molecule has 0 bridgehead atoms. The number of carbonyl (C=O) groups is 2. The molecular formula is C26H25ClN4O2. The van der Waals surface area contributed by atoms with Crippen LogP contribution in [0.1, 0.15) is 25.0 Å². The Balaban J connectivity index is 1.71. The predicted octanol–water partition coefficient (Wildman–Crippen LogP) is 4.69. The molecule has 0 unspecified atom stereocenters. The van der Waals surface area contributed by atoms with E-state index in [1.165, 1.54) is 0 Å². The summed E-state index contributed by atoms with van der Waals surface area (Å²) in [6, 6.07) is 13.4. The van der Waals surface area contributed by atoms with Crippen LogP contribution in [0.25, 0.3) is 33.0 Å². The van der Waals surface area contributed by atoms with Gasteiger partial charge in [-0.05, 0) is 31.3 Å². The Morgan fingerprint density at radius 3 is 2.42 bits per heavy atom. The molecule has 2 N–H and O–H groups in total. The molecule has 0 saturated heterocycles. The number of benzene rings is 2. The van der Waals surface area contributed by atoms with Crippen LogP contribution < -0.4 is 5.32 Å². The molecule has 33 heavy (non-hydrogen) atoms. The number of halogens is 1. The van der Waals surface area contributed by atoms with Gasteiger partial charge in [0.1, 0.15) is 0 Å². The first kappa shape index (κ1) is 21.5. The Morgan fingerprint density at radius 1 is 0.939 bits per heavy atom. The largest absolute Gasteiger partial charge is 0.361 e. The van der Waals surface area contributed by atoms with Gasteiger partial charge in [0.05, 0.1) is 16.7 Å². The van der Waals surface area contributed by atoms with Crippen molar-refractivity contribution < 1.29 is 9.59 Å². The molecule has 2 amide bonds. The summed E-state index contributed by atoms with van der Waals surface area (Å²) in [5.41, 5.74) is 4.13. The maximum Gasteiger partial charge on any atom is 0.259 e. The minimum Gasteiger partial charge on any atom is -0.361 e. The molecule has 0 saturated carbocycles. The summed E-state index contributed by atoms with van der Waals surface area (Å²) in [5, 5.41) is 4.95. The minimum absolute atomic E-state index is 0.377. The number of H-pyrrole nitrogens is 1. The third kappa shape index (κ3) is 3.65. The number of hydrogen-bond acceptors (Lipinski definition) is 3. The van der Waals surface area contributed by atoms with E-state index in [0.29, 0.717) is 16.2 Å². The van der Waals surface area contributed by atoms with Gasteiger partial charge in [-0.25, -0.2) is 0 Å². The fraction of sp³-hybridized carbons (Fsp3) is 0.231. The van der Waals surface area contributed by atoms with E-state index in [1.807, 2.05) is 48.7 Å². The molecule has 168 valence electrons. The standard InChI is InChI=1S/C26H25ClN4O2/c1-3-30(4-2)11-12-31-15-20(18-10-9-16(27)13-22(18)31)24-23(25(32)29-26(24)33)19-14-28-21-8-6-5-7-17(19)21/h5-10,13-15,28H,3-4,11-12H2,1-2H3,(H,29,32,33). The summed E-state index contributed by atoms with van der Waals surface area (Å²) in [5.74, 6) is -0.754. The third-order valence-corrected chi connectivity index (χ3v) is 6.69. The zero-order chi connectivity index (χ0) is 23.1. The van der Waals surface area contributed by atoms with Gasteiger partial charge in [-0.2, -0.15) is 0 Å². The normalized spacial score (nSPS) is 14.3. The van der Waals surface area contributed by atoms with Crippen molar-refractivity contribution in [3.63, 3.8) is 0 Å². The van der Waals surface area contributed by atoms with Gasteiger partial charge in [-0.1, -0.05) is 49.7 Å². The first-order chi connectivity index (χ1) is 16.0. The van der Waals surface area contributed by atoms with Crippen molar-refractivity contribution >= 4 is 56.4 Å². The average molecular weight is 461 g/mol. The summed E-state index contributed by atoms with van der Waals surface area (Å²) in [4.78, 5) is 31.6. The van der Waals surface area contributed by atoms with E-state index >= 15 is 0 Å². The SMILES string of the molecule is CCN(CC)CCn1cc(C2=C(c3c[nH]c4ccccc34)C(=O)NC2=O)c2ccc(Cl)cc21. The number of para-hydroxylation sites is 1. The van der Waals surface area contributed by atoms with Crippen molar-refractivity contribution in [3.05, 3.63) is 71.0 Å². The van der Waals surface area contributed by atoms with E-state index in [9.17, 15) is 9.59 Å². The van der Waals surface area contributed by atoms with Crippen LogP contribution in [0.4, 0.5) is 0 Å². The number of amides is 2. The van der Waals surface area contributed by atoms with Gasteiger partial charge in [0.25, 0.3) is 11.8 Å². The van der Waals surface area contributed by atoms with Crippen molar-refractivity contribution in [1.82, 2.24) is 19.8 Å². The first-order valence-electron chi connectivity index (χ1n) is 11.2. The van der Waals surface area contributed by atoms with Gasteiger partial charge in [-0.15, -0.1) is 0 Å². The van der Waals surface area contributed by atoms with Crippen LogP contribution in [0, 0.1) is 0 Å². The van der Waals surface area contributed by atoms with Gasteiger partial charge in [0, 0.05) is 57.9 Å². The summed E-state index contributed by atoms with van der Waals surface area (Å²) < 4.78 is 2.13. The number of likely N-dealkylation sites (N-methyl/N-ethyl adjacent to an activating group) is 1. The highest BCUT2D eigenvalue weighted by molar-refractivity contribution is 6.50. The van der Waals surface area contributed by atoms with E-state index in [0.717, 1.165) is 59.1 Å². The van der Waals surface area contributed by atoms with E-state index in [4.69, 9.17) is 11.6 Å². The maximum absolute atomic E-state index is 13.1. The lowest BCUT2D eigenvalue weighted by Crippen LogP contribution is -2.26. The second kappa shape index (κ2) is 8.54. The number of nitrogens with one attached hydrogen (secondary N) is 2. The van der Waals surface area contributed by atoms with E-state index in [2.05, 4.69) is 33.6 Å². The summed E-state index contributed by atoms with van der Waals surface area (Å²) in [7, 11) is 0. The topological polar surface area (TPSA) is 70.1 Å². The minimum atomic E-state index is -0.377. The number of nitrogens with zero attached hydrogens (tertiary/aromatic N) is 2.